The van der Waals surface area contributed by atoms with Crippen LogP contribution in [0.15, 0.2) is 0 Å². The van der Waals surface area contributed by atoms with Crippen molar-refractivity contribution in [3.63, 3.8) is 0 Å². The van der Waals surface area contributed by atoms with Crippen LogP contribution in [-0.4, -0.2) is 24.9 Å². The summed E-state index contributed by atoms with van der Waals surface area (Å²) in [4.78, 5) is 0. The molecule has 0 aliphatic carbocycles. The second kappa shape index (κ2) is 10.4. The average Bonchev–Trinajstić information content (AvgIpc) is 1.99. The molecule has 0 heterocycles. The Morgan fingerprint density at radius 1 is 0.667 bits per heavy atom. The van der Waals surface area contributed by atoms with Gasteiger partial charge < -0.3 is 9.47 Å². The fourth-order valence-corrected chi connectivity index (χ4v) is 0.929. The van der Waals surface area contributed by atoms with Crippen molar-refractivity contribution in [1.29, 1.82) is 0 Å². The van der Waals surface area contributed by atoms with Gasteiger partial charge in [0.15, 0.2) is 0 Å². The van der Waals surface area contributed by atoms with E-state index < -0.39 is 0 Å². The van der Waals surface area contributed by atoms with Crippen LogP contribution in [0.2, 0.25) is 0 Å². The molecule has 0 rings (SSSR count). The summed E-state index contributed by atoms with van der Waals surface area (Å²) < 4.78 is 10.6. The maximum atomic E-state index is 5.30. The second-order valence-corrected chi connectivity index (χ2v) is 5.01. The highest BCUT2D eigenvalue weighted by Gasteiger charge is 1.95. The van der Waals surface area contributed by atoms with Crippen LogP contribution in [0.5, 0.6) is 0 Å². The van der Waals surface area contributed by atoms with Gasteiger partial charge in [0.2, 0.25) is 0 Å². The van der Waals surface area contributed by atoms with E-state index in [9.17, 15) is 0 Å². The Bertz CT molecular complexity index is 104. The van der Waals surface area contributed by atoms with Gasteiger partial charge >= 0.3 is 0 Å². The van der Waals surface area contributed by atoms with Gasteiger partial charge in [-0.05, 0) is 47.5 Å². The molecule has 15 heavy (non-hydrogen) atoms. The van der Waals surface area contributed by atoms with E-state index in [2.05, 4.69) is 27.7 Å². The van der Waals surface area contributed by atoms with Gasteiger partial charge in [-0.3, -0.25) is 0 Å². The third-order valence-corrected chi connectivity index (χ3v) is 1.31. The molecular formula is C13H30O2. The van der Waals surface area contributed by atoms with Crippen LogP contribution in [0.4, 0.5) is 0 Å². The standard InChI is InChI=1S/C7H16O.C6H14O/c1-6(2)5-8-7(3)4;1-5(2)7-6(3)4/h6-7H,5H2,1-4H3;5-6H,1-4H3. The molecule has 0 amide bonds. The number of hydrogen-bond donors (Lipinski definition) is 0. The minimum atomic E-state index is 0.375. The Morgan fingerprint density at radius 2 is 1.07 bits per heavy atom. The van der Waals surface area contributed by atoms with Gasteiger partial charge in [0.05, 0.1) is 18.3 Å². The highest BCUT2D eigenvalue weighted by molar-refractivity contribution is 4.42. The van der Waals surface area contributed by atoms with Crippen LogP contribution < -0.4 is 0 Å². The Labute approximate surface area is 96.4 Å². The minimum Gasteiger partial charge on any atom is -0.379 e. The third kappa shape index (κ3) is 24.9. The molecule has 0 spiro atoms. The van der Waals surface area contributed by atoms with Crippen LogP contribution in [0.25, 0.3) is 0 Å². The first-order chi connectivity index (χ1) is 6.75. The van der Waals surface area contributed by atoms with Crippen molar-refractivity contribution in [2.24, 2.45) is 5.92 Å². The van der Waals surface area contributed by atoms with Crippen LogP contribution in [0.1, 0.15) is 55.4 Å². The zero-order chi connectivity index (χ0) is 12.4. The van der Waals surface area contributed by atoms with Crippen molar-refractivity contribution >= 4 is 0 Å². The predicted molar refractivity (Wildman–Crippen MR) is 67.3 cm³/mol. The summed E-state index contributed by atoms with van der Waals surface area (Å²) in [5, 5.41) is 0. The molecule has 0 unspecified atom stereocenters. The van der Waals surface area contributed by atoms with E-state index in [0.717, 1.165) is 6.61 Å². The first kappa shape index (κ1) is 17.3. The van der Waals surface area contributed by atoms with E-state index in [0.29, 0.717) is 24.2 Å². The maximum Gasteiger partial charge on any atom is 0.0522 e. The number of hydrogen-bond acceptors (Lipinski definition) is 2. The second-order valence-electron chi connectivity index (χ2n) is 5.01. The zero-order valence-electron chi connectivity index (χ0n) is 11.8. The van der Waals surface area contributed by atoms with Crippen molar-refractivity contribution in [2.75, 3.05) is 6.61 Å². The number of rotatable bonds is 5. The third-order valence-electron chi connectivity index (χ3n) is 1.31. The molecule has 0 bridgehead atoms. The summed E-state index contributed by atoms with van der Waals surface area (Å²) in [5.41, 5.74) is 0. The lowest BCUT2D eigenvalue weighted by Crippen LogP contribution is -2.09. The van der Waals surface area contributed by atoms with Gasteiger partial charge in [-0.1, -0.05) is 13.8 Å². The molecule has 0 saturated heterocycles. The van der Waals surface area contributed by atoms with E-state index in [1.807, 2.05) is 27.7 Å². The molecule has 0 aliphatic heterocycles. The lowest BCUT2D eigenvalue weighted by atomic mass is 10.2. The van der Waals surface area contributed by atoms with Gasteiger partial charge in [-0.2, -0.15) is 0 Å². The normalized spacial score (nSPS) is 11.2. The van der Waals surface area contributed by atoms with Gasteiger partial charge in [-0.15, -0.1) is 0 Å². The van der Waals surface area contributed by atoms with Crippen LogP contribution in [0, 0.1) is 5.92 Å². The van der Waals surface area contributed by atoms with E-state index in [1.165, 1.54) is 0 Å². The lowest BCUT2D eigenvalue weighted by molar-refractivity contribution is 0.0300. The molecule has 0 atom stereocenters. The lowest BCUT2D eigenvalue weighted by Gasteiger charge is -2.09. The summed E-state index contributed by atoms with van der Waals surface area (Å²) >= 11 is 0. The molecule has 0 aromatic heterocycles. The Morgan fingerprint density at radius 3 is 1.13 bits per heavy atom. The van der Waals surface area contributed by atoms with E-state index >= 15 is 0 Å². The molecule has 94 valence electrons. The summed E-state index contributed by atoms with van der Waals surface area (Å²) in [6, 6.07) is 0. The average molecular weight is 218 g/mol. The number of ether oxygens (including phenoxy) is 2. The first-order valence-corrected chi connectivity index (χ1v) is 6.02. The van der Waals surface area contributed by atoms with Gasteiger partial charge in [0, 0.05) is 6.61 Å². The van der Waals surface area contributed by atoms with Crippen LogP contribution >= 0.6 is 0 Å². The molecule has 0 aromatic rings. The van der Waals surface area contributed by atoms with Crippen molar-refractivity contribution in [1.82, 2.24) is 0 Å². The SMILES string of the molecule is CC(C)COC(C)C.CC(C)OC(C)C. The zero-order valence-corrected chi connectivity index (χ0v) is 11.8. The topological polar surface area (TPSA) is 18.5 Å². The van der Waals surface area contributed by atoms with Crippen molar-refractivity contribution < 1.29 is 9.47 Å². The highest BCUT2D eigenvalue weighted by atomic mass is 16.5. The molecule has 2 nitrogen and oxygen atoms in total. The molecule has 0 aliphatic rings. The fourth-order valence-electron chi connectivity index (χ4n) is 0.929. The first-order valence-electron chi connectivity index (χ1n) is 6.02. The predicted octanol–water partition coefficient (Wildman–Crippen LogP) is 3.89. The molecule has 0 saturated carbocycles. The molecule has 0 fully saturated rings. The monoisotopic (exact) mass is 218 g/mol. The molecular weight excluding hydrogens is 188 g/mol. The highest BCUT2D eigenvalue weighted by Crippen LogP contribution is 1.95. The summed E-state index contributed by atoms with van der Waals surface area (Å²) in [6.45, 7) is 17.5. The van der Waals surface area contributed by atoms with Gasteiger partial charge in [0.25, 0.3) is 0 Å². The van der Waals surface area contributed by atoms with Crippen molar-refractivity contribution in [3.05, 3.63) is 0 Å². The summed E-state index contributed by atoms with van der Waals surface area (Å²) in [6.07, 6.45) is 1.14. The Kier molecular flexibility index (Phi) is 12.1. The quantitative estimate of drug-likeness (QED) is 0.697. The van der Waals surface area contributed by atoms with E-state index in [1.54, 1.807) is 0 Å². The Balaban J connectivity index is 0. The van der Waals surface area contributed by atoms with Crippen molar-refractivity contribution in [3.8, 4) is 0 Å². The largest absolute Gasteiger partial charge is 0.379 e. The smallest absolute Gasteiger partial charge is 0.0522 e. The van der Waals surface area contributed by atoms with E-state index in [4.69, 9.17) is 9.47 Å². The van der Waals surface area contributed by atoms with Crippen LogP contribution in [-0.2, 0) is 9.47 Å². The van der Waals surface area contributed by atoms with E-state index in [-0.39, 0.29) is 0 Å². The Hall–Kier alpha value is -0.0800. The summed E-state index contributed by atoms with van der Waals surface area (Å²) in [5.74, 6) is 0.664. The van der Waals surface area contributed by atoms with Gasteiger partial charge in [0.1, 0.15) is 0 Å². The fraction of sp³-hybridized carbons (Fsp3) is 1.00. The molecule has 0 N–H and O–H groups in total. The minimum absolute atomic E-state index is 0.375. The molecule has 0 radical (unpaired) electrons. The van der Waals surface area contributed by atoms with Crippen LogP contribution in [0.3, 0.4) is 0 Å². The molecule has 0 aromatic carbocycles. The maximum absolute atomic E-state index is 5.30. The van der Waals surface area contributed by atoms with Gasteiger partial charge in [-0.25, -0.2) is 0 Å². The summed E-state index contributed by atoms with van der Waals surface area (Å²) in [7, 11) is 0. The molecule has 2 heteroatoms. The van der Waals surface area contributed by atoms with Crippen molar-refractivity contribution in [2.45, 2.75) is 73.7 Å².